The molecule has 55 heavy (non-hydrogen) atoms. The van der Waals surface area contributed by atoms with E-state index in [1.165, 1.54) is 36.3 Å². The highest BCUT2D eigenvalue weighted by Crippen LogP contribution is 2.50. The van der Waals surface area contributed by atoms with Crippen LogP contribution in [0.25, 0.3) is 11.2 Å². The lowest BCUT2D eigenvalue weighted by Gasteiger charge is -2.28. The van der Waals surface area contributed by atoms with Crippen molar-refractivity contribution < 1.29 is 71.4 Å². The molecule has 0 radical (unpaired) electrons. The number of nitrogen functional groups attached to an aromatic ring is 2. The van der Waals surface area contributed by atoms with Gasteiger partial charge in [-0.1, -0.05) is 6.08 Å². The minimum atomic E-state index is -5.22. The fourth-order valence-corrected chi connectivity index (χ4v) is 7.05. The number of aliphatic hydroxyl groups excluding tert-OH is 2. The van der Waals surface area contributed by atoms with Crippen molar-refractivity contribution >= 4 is 50.3 Å². The number of anilines is 2. The molecule has 5 rings (SSSR count). The average Bonchev–Trinajstić information content (AvgIpc) is 3.81. The molecular formula is C28H39N9O16P2. The van der Waals surface area contributed by atoms with Gasteiger partial charge in [0.25, 0.3) is 0 Å². The Balaban J connectivity index is 1.36. The van der Waals surface area contributed by atoms with Crippen molar-refractivity contribution in [2.24, 2.45) is 0 Å². The number of phosphoric acid groups is 2. The Morgan fingerprint density at radius 1 is 1.13 bits per heavy atom. The molecule has 0 saturated carbocycles. The molecule has 5 heterocycles. The Morgan fingerprint density at radius 3 is 2.53 bits per heavy atom. The molecule has 2 saturated heterocycles. The van der Waals surface area contributed by atoms with E-state index in [1.807, 2.05) is 0 Å². The molecule has 0 bridgehead atoms. The molecule has 9 N–H and O–H groups in total. The second kappa shape index (κ2) is 17.3. The number of amides is 1. The van der Waals surface area contributed by atoms with Gasteiger partial charge in [-0.3, -0.25) is 27.5 Å². The van der Waals surface area contributed by atoms with Crippen molar-refractivity contribution in [3.8, 4) is 0 Å². The van der Waals surface area contributed by atoms with Crippen LogP contribution in [0.3, 0.4) is 0 Å². The highest BCUT2D eigenvalue weighted by molar-refractivity contribution is 7.47. The van der Waals surface area contributed by atoms with E-state index in [0.717, 1.165) is 15.8 Å². The van der Waals surface area contributed by atoms with E-state index < -0.39 is 102 Å². The molecule has 0 spiro atoms. The van der Waals surface area contributed by atoms with E-state index >= 15 is 0 Å². The lowest BCUT2D eigenvalue weighted by atomic mass is 10.1. The molecule has 9 atom stereocenters. The standard InChI is InChI=1S/C28H39N9O16P2/c1-3-4-5-19(39)35(2)14(9-38)27(41)52-23-17(51-26(22(23)40)37-13-33-21-24(30)31-12-32-25(21)37)11-49-55(46,47)53-15-8-20(36-7-6-18(29)34-28(36)42)50-16(15)10-48-54(43,44)45/h3,6-7,12-17,20,22-23,26,38,40H,1,4-5,8-11H2,2H3,(H,46,47)(H2,29,34,42)(H2,30,31,32)(H2,43,44,45)/t14-,15-,16+,17+,20?,22+,23+,26+/m0/s1. The topological polar surface area (TPSA) is 359 Å². The van der Waals surface area contributed by atoms with Crippen molar-refractivity contribution in [2.75, 3.05) is 38.3 Å². The highest BCUT2D eigenvalue weighted by atomic mass is 31.2. The third-order valence-electron chi connectivity index (χ3n) is 8.51. The van der Waals surface area contributed by atoms with Gasteiger partial charge in [-0.25, -0.2) is 33.7 Å². The van der Waals surface area contributed by atoms with Crippen molar-refractivity contribution in [1.82, 2.24) is 34.0 Å². The maximum absolute atomic E-state index is 13.4. The van der Waals surface area contributed by atoms with Crippen molar-refractivity contribution in [3.63, 3.8) is 0 Å². The molecular weight excluding hydrogens is 780 g/mol. The number of aromatic nitrogens is 6. The number of phosphoric ester groups is 2. The van der Waals surface area contributed by atoms with Gasteiger partial charge in [-0.15, -0.1) is 6.58 Å². The number of hydrogen-bond acceptors (Lipinski definition) is 19. The number of rotatable bonds is 17. The number of esters is 1. The minimum absolute atomic E-state index is 0.00688. The molecule has 1 amide bonds. The second-order valence-corrected chi connectivity index (χ2v) is 14.8. The number of imidazole rings is 1. The van der Waals surface area contributed by atoms with E-state index in [2.05, 4.69) is 31.0 Å². The Labute approximate surface area is 310 Å². The number of nitrogens with two attached hydrogens (primary N) is 2. The van der Waals surface area contributed by atoms with Gasteiger partial charge < -0.3 is 55.5 Å². The van der Waals surface area contributed by atoms with Crippen LogP contribution in [-0.4, -0.2) is 134 Å². The summed E-state index contributed by atoms with van der Waals surface area (Å²) in [4.78, 5) is 84.3. The van der Waals surface area contributed by atoms with Crippen LogP contribution in [0.2, 0.25) is 0 Å². The number of aliphatic hydroxyl groups is 2. The van der Waals surface area contributed by atoms with Gasteiger partial charge in [0.1, 0.15) is 48.3 Å². The summed E-state index contributed by atoms with van der Waals surface area (Å²) >= 11 is 0. The normalized spacial score (nSPS) is 25.7. The van der Waals surface area contributed by atoms with Gasteiger partial charge in [0.05, 0.1) is 26.1 Å². The molecule has 2 unspecified atom stereocenters. The van der Waals surface area contributed by atoms with E-state index in [-0.39, 0.29) is 42.1 Å². The molecule has 3 aromatic heterocycles. The van der Waals surface area contributed by atoms with E-state index in [9.17, 15) is 48.4 Å². The zero-order valence-electron chi connectivity index (χ0n) is 28.9. The van der Waals surface area contributed by atoms with Crippen LogP contribution < -0.4 is 17.2 Å². The number of ether oxygens (including phenoxy) is 3. The summed E-state index contributed by atoms with van der Waals surface area (Å²) in [5.74, 6) is -1.82. The zero-order valence-corrected chi connectivity index (χ0v) is 30.7. The van der Waals surface area contributed by atoms with Gasteiger partial charge in [0.15, 0.2) is 29.8 Å². The minimum Gasteiger partial charge on any atom is -0.455 e. The Hall–Kier alpha value is -4.23. The van der Waals surface area contributed by atoms with Crippen LogP contribution >= 0.6 is 15.6 Å². The predicted molar refractivity (Wildman–Crippen MR) is 183 cm³/mol. The fourth-order valence-electron chi connectivity index (χ4n) is 5.75. The molecule has 2 aliphatic rings. The largest absolute Gasteiger partial charge is 0.472 e. The van der Waals surface area contributed by atoms with Gasteiger partial charge >= 0.3 is 27.3 Å². The number of nitrogens with zero attached hydrogens (tertiary/aromatic N) is 7. The lowest BCUT2D eigenvalue weighted by molar-refractivity contribution is -0.166. The maximum atomic E-state index is 13.4. The predicted octanol–water partition coefficient (Wildman–Crippen LogP) is -1.90. The smallest absolute Gasteiger partial charge is 0.455 e. The quantitative estimate of drug-likeness (QED) is 0.0444. The Kier molecular flexibility index (Phi) is 13.2. The highest BCUT2D eigenvalue weighted by Gasteiger charge is 2.50. The van der Waals surface area contributed by atoms with E-state index in [0.29, 0.717) is 0 Å². The van der Waals surface area contributed by atoms with E-state index in [1.54, 1.807) is 0 Å². The van der Waals surface area contributed by atoms with Crippen LogP contribution in [0.1, 0.15) is 31.7 Å². The summed E-state index contributed by atoms with van der Waals surface area (Å²) in [5, 5.41) is 21.5. The van der Waals surface area contributed by atoms with Gasteiger partial charge in [0, 0.05) is 26.1 Å². The Bertz CT molecular complexity index is 2030. The third-order valence-corrected chi connectivity index (χ3v) is 10.0. The van der Waals surface area contributed by atoms with Crippen LogP contribution in [0.4, 0.5) is 11.6 Å². The zero-order chi connectivity index (χ0) is 40.2. The number of likely N-dealkylation sites (N-methyl/N-ethyl adjacent to an activating group) is 1. The summed E-state index contributed by atoms with van der Waals surface area (Å²) in [6, 6.07) is -0.270. The first-order valence-corrected chi connectivity index (χ1v) is 19.3. The molecule has 25 nitrogen and oxygen atoms in total. The molecule has 2 fully saturated rings. The van der Waals surface area contributed by atoms with Gasteiger partial charge in [-0.05, 0) is 12.5 Å². The monoisotopic (exact) mass is 819 g/mol. The first kappa shape index (κ1) is 41.9. The van der Waals surface area contributed by atoms with Crippen molar-refractivity contribution in [2.45, 2.75) is 68.3 Å². The molecule has 302 valence electrons. The first-order valence-electron chi connectivity index (χ1n) is 16.2. The average molecular weight is 820 g/mol. The van der Waals surface area contributed by atoms with E-state index in [4.69, 9.17) is 34.7 Å². The second-order valence-electron chi connectivity index (χ2n) is 12.2. The van der Waals surface area contributed by atoms with Crippen LogP contribution in [0.15, 0.2) is 42.4 Å². The lowest BCUT2D eigenvalue weighted by Crippen LogP contribution is -2.49. The summed E-state index contributed by atoms with van der Waals surface area (Å²) in [6.07, 6.45) is -5.66. The summed E-state index contributed by atoms with van der Waals surface area (Å²) in [6.45, 7) is 0.898. The van der Waals surface area contributed by atoms with Gasteiger partial charge in [-0.2, -0.15) is 4.98 Å². The number of carbonyl (C=O) groups is 2. The molecule has 27 heteroatoms. The summed E-state index contributed by atoms with van der Waals surface area (Å²) in [5.41, 5.74) is 10.8. The van der Waals surface area contributed by atoms with Crippen LogP contribution in [-0.2, 0) is 46.5 Å². The first-order chi connectivity index (χ1) is 25.9. The molecule has 0 aliphatic carbocycles. The summed E-state index contributed by atoms with van der Waals surface area (Å²) < 4.78 is 59.2. The molecule has 3 aromatic rings. The SMILES string of the molecule is C=CCCC(=O)N(C)[C@@H](CO)C(=O)O[C@H]1[C@@H](O)[C@H](n2cnc3c(N)ncnc32)O[C@@H]1COP(=O)(O)O[C@H]1CC(n2ccc(N)nc2=O)O[C@@H]1COP(=O)(O)O. The number of fused-ring (bicyclic) bond motifs is 1. The van der Waals surface area contributed by atoms with Crippen molar-refractivity contribution in [1.29, 1.82) is 0 Å². The third kappa shape index (κ3) is 9.96. The van der Waals surface area contributed by atoms with Gasteiger partial charge in [0.2, 0.25) is 5.91 Å². The van der Waals surface area contributed by atoms with Crippen LogP contribution in [0.5, 0.6) is 0 Å². The number of hydrogen-bond donors (Lipinski definition) is 7. The number of allylic oxidation sites excluding steroid dienone is 1. The number of carbonyl (C=O) groups excluding carboxylic acids is 2. The maximum Gasteiger partial charge on any atom is 0.472 e. The fraction of sp³-hybridized carbons (Fsp3) is 0.536. The molecule has 0 aromatic carbocycles. The van der Waals surface area contributed by atoms with Crippen molar-refractivity contribution in [3.05, 3.63) is 48.1 Å². The van der Waals surface area contributed by atoms with Crippen LogP contribution in [0, 0.1) is 0 Å². The Morgan fingerprint density at radius 2 is 1.85 bits per heavy atom. The molecule has 2 aliphatic heterocycles. The summed E-state index contributed by atoms with van der Waals surface area (Å²) in [7, 11) is -9.02.